The van der Waals surface area contributed by atoms with E-state index in [-0.39, 0.29) is 0 Å². The molecule has 0 spiro atoms. The summed E-state index contributed by atoms with van der Waals surface area (Å²) in [6, 6.07) is 0.562. The lowest BCUT2D eigenvalue weighted by molar-refractivity contribution is -0.139. The van der Waals surface area contributed by atoms with Crippen molar-refractivity contribution >= 4 is 5.97 Å². The van der Waals surface area contributed by atoms with Gasteiger partial charge in [-0.15, -0.1) is 0 Å². The van der Waals surface area contributed by atoms with Crippen LogP contribution in [0.15, 0.2) is 10.9 Å². The van der Waals surface area contributed by atoms with E-state index in [9.17, 15) is 22.8 Å². The second-order valence-corrected chi connectivity index (χ2v) is 2.94. The Morgan fingerprint density at radius 2 is 2.19 bits per heavy atom. The molecule has 0 saturated carbocycles. The summed E-state index contributed by atoms with van der Waals surface area (Å²) in [5.74, 6) is -2.11. The van der Waals surface area contributed by atoms with Gasteiger partial charge in [-0.05, 0) is 0 Å². The summed E-state index contributed by atoms with van der Waals surface area (Å²) in [5, 5.41) is 0. The highest BCUT2D eigenvalue weighted by molar-refractivity contribution is 5.72. The molecule has 1 rings (SSSR count). The molecule has 0 saturated heterocycles. The third-order valence-corrected chi connectivity index (χ3v) is 1.92. The molecule has 0 atom stereocenters. The number of alkyl halides is 2. The number of methoxy groups -OCH3 is 1. The quantitative estimate of drug-likeness (QED) is 0.631. The average Bonchev–Trinajstić information content (AvgIpc) is 2.20. The molecule has 16 heavy (non-hydrogen) atoms. The van der Waals surface area contributed by atoms with E-state index in [0.29, 0.717) is 6.07 Å². The summed E-state index contributed by atoms with van der Waals surface area (Å²) in [7, 11) is 1.05. The molecule has 4 nitrogen and oxygen atoms in total. The van der Waals surface area contributed by atoms with Gasteiger partial charge < -0.3 is 4.74 Å². The van der Waals surface area contributed by atoms with Crippen molar-refractivity contribution in [3.63, 3.8) is 0 Å². The van der Waals surface area contributed by atoms with E-state index >= 15 is 0 Å². The third-order valence-electron chi connectivity index (χ3n) is 1.92. The van der Waals surface area contributed by atoms with Crippen molar-refractivity contribution in [1.82, 2.24) is 4.98 Å². The number of ether oxygens (including phenoxy) is 1. The Kier molecular flexibility index (Phi) is 3.70. The van der Waals surface area contributed by atoms with Crippen LogP contribution >= 0.6 is 0 Å². The van der Waals surface area contributed by atoms with Crippen LogP contribution in [0.5, 0.6) is 0 Å². The summed E-state index contributed by atoms with van der Waals surface area (Å²) < 4.78 is 42.3. The molecular formula is C9H8F3NO3. The number of aromatic amines is 1. The molecule has 1 N–H and O–H groups in total. The second kappa shape index (κ2) is 4.82. The fourth-order valence-corrected chi connectivity index (χ4v) is 1.17. The largest absolute Gasteiger partial charge is 0.469 e. The molecule has 0 aliphatic carbocycles. The Labute approximate surface area is 88.0 Å². The van der Waals surface area contributed by atoms with Crippen molar-refractivity contribution in [2.75, 3.05) is 7.11 Å². The Hall–Kier alpha value is -1.79. The topological polar surface area (TPSA) is 59.2 Å². The molecule has 0 bridgehead atoms. The Bertz CT molecular complexity index is 456. The van der Waals surface area contributed by atoms with Gasteiger partial charge in [0, 0.05) is 17.2 Å². The monoisotopic (exact) mass is 235 g/mol. The van der Waals surface area contributed by atoms with Crippen molar-refractivity contribution in [2.45, 2.75) is 12.8 Å². The third kappa shape index (κ3) is 2.62. The lowest BCUT2D eigenvalue weighted by Gasteiger charge is -2.07. The van der Waals surface area contributed by atoms with Crippen molar-refractivity contribution in [3.05, 3.63) is 33.5 Å². The van der Waals surface area contributed by atoms with Crippen LogP contribution in [0.1, 0.15) is 17.6 Å². The number of halogens is 3. The number of nitrogens with one attached hydrogen (secondary N) is 1. The van der Waals surface area contributed by atoms with E-state index in [1.165, 1.54) is 0 Å². The highest BCUT2D eigenvalue weighted by Gasteiger charge is 2.20. The van der Waals surface area contributed by atoms with E-state index in [2.05, 4.69) is 4.74 Å². The summed E-state index contributed by atoms with van der Waals surface area (Å²) in [4.78, 5) is 23.3. The van der Waals surface area contributed by atoms with Crippen LogP contribution in [0.3, 0.4) is 0 Å². The first-order chi connectivity index (χ1) is 7.45. The van der Waals surface area contributed by atoms with Gasteiger partial charge in [0.2, 0.25) is 0 Å². The number of pyridine rings is 1. The number of aromatic nitrogens is 1. The summed E-state index contributed by atoms with van der Waals surface area (Å²) >= 11 is 0. The van der Waals surface area contributed by atoms with Crippen molar-refractivity contribution in [1.29, 1.82) is 0 Å². The summed E-state index contributed by atoms with van der Waals surface area (Å²) in [6.45, 7) is 0. The van der Waals surface area contributed by atoms with Gasteiger partial charge in [-0.25, -0.2) is 8.78 Å². The fourth-order valence-electron chi connectivity index (χ4n) is 1.17. The first kappa shape index (κ1) is 12.3. The maximum atomic E-state index is 13.2. The number of rotatable bonds is 3. The normalized spacial score (nSPS) is 10.6. The van der Waals surface area contributed by atoms with E-state index in [1.807, 2.05) is 0 Å². The molecule has 0 aromatic carbocycles. The Balaban J connectivity index is 3.24. The molecule has 1 aromatic heterocycles. The van der Waals surface area contributed by atoms with Crippen LogP contribution in [0, 0.1) is 5.95 Å². The van der Waals surface area contributed by atoms with Gasteiger partial charge in [0.25, 0.3) is 12.0 Å². The summed E-state index contributed by atoms with van der Waals surface area (Å²) in [5.41, 5.74) is -2.34. The first-order valence-electron chi connectivity index (χ1n) is 4.22. The van der Waals surface area contributed by atoms with Crippen LogP contribution in [0.4, 0.5) is 13.2 Å². The number of carbonyl (C=O) groups is 1. The molecule has 1 aromatic rings. The van der Waals surface area contributed by atoms with Crippen molar-refractivity contribution < 1.29 is 22.7 Å². The van der Waals surface area contributed by atoms with E-state index in [4.69, 9.17) is 0 Å². The first-order valence-corrected chi connectivity index (χ1v) is 4.22. The van der Waals surface area contributed by atoms with Gasteiger partial charge in [-0.3, -0.25) is 14.6 Å². The fraction of sp³-hybridized carbons (Fsp3) is 0.333. The van der Waals surface area contributed by atoms with Crippen LogP contribution in [-0.2, 0) is 16.0 Å². The molecule has 7 heteroatoms. The van der Waals surface area contributed by atoms with E-state index in [0.717, 1.165) is 7.11 Å². The van der Waals surface area contributed by atoms with Gasteiger partial charge >= 0.3 is 5.97 Å². The van der Waals surface area contributed by atoms with Crippen molar-refractivity contribution in [2.24, 2.45) is 0 Å². The van der Waals surface area contributed by atoms with E-state index < -0.39 is 41.4 Å². The maximum Gasteiger partial charge on any atom is 0.310 e. The zero-order chi connectivity index (χ0) is 12.3. The molecule has 0 amide bonds. The SMILES string of the molecule is COC(=O)Cc1c(C(F)F)cc(=O)[nH]c1F. The lowest BCUT2D eigenvalue weighted by atomic mass is 10.1. The molecule has 0 radical (unpaired) electrons. The highest BCUT2D eigenvalue weighted by Crippen LogP contribution is 2.23. The molecule has 0 fully saturated rings. The number of esters is 1. The summed E-state index contributed by atoms with van der Waals surface area (Å²) in [6.07, 6.45) is -3.69. The number of H-pyrrole nitrogens is 1. The van der Waals surface area contributed by atoms with Crippen LogP contribution in [-0.4, -0.2) is 18.1 Å². The minimum atomic E-state index is -3.03. The standard InChI is InChI=1S/C9H8F3NO3/c1-16-7(15)3-5-4(8(10)11)2-6(14)13-9(5)12/h2,8H,3H2,1H3,(H,13,14). The van der Waals surface area contributed by atoms with Gasteiger partial charge in [0.05, 0.1) is 13.5 Å². The molecule has 0 unspecified atom stereocenters. The number of carbonyl (C=O) groups excluding carboxylic acids is 1. The van der Waals surface area contributed by atoms with Gasteiger partial charge in [0.15, 0.2) is 5.95 Å². The van der Waals surface area contributed by atoms with Crippen LogP contribution < -0.4 is 5.56 Å². The van der Waals surface area contributed by atoms with Crippen molar-refractivity contribution in [3.8, 4) is 0 Å². The maximum absolute atomic E-state index is 13.2. The number of hydrogen-bond donors (Lipinski definition) is 1. The van der Waals surface area contributed by atoms with Gasteiger partial charge in [-0.2, -0.15) is 4.39 Å². The molecule has 88 valence electrons. The highest BCUT2D eigenvalue weighted by atomic mass is 19.3. The predicted molar refractivity (Wildman–Crippen MR) is 47.7 cm³/mol. The Morgan fingerprint density at radius 3 is 2.69 bits per heavy atom. The average molecular weight is 235 g/mol. The molecule has 0 aliphatic rings. The van der Waals surface area contributed by atoms with Gasteiger partial charge in [-0.1, -0.05) is 0 Å². The van der Waals surface area contributed by atoms with E-state index in [1.54, 1.807) is 4.98 Å². The molecule has 1 heterocycles. The van der Waals surface area contributed by atoms with Crippen LogP contribution in [0.2, 0.25) is 0 Å². The number of hydrogen-bond acceptors (Lipinski definition) is 3. The second-order valence-electron chi connectivity index (χ2n) is 2.94. The molecular weight excluding hydrogens is 227 g/mol. The Morgan fingerprint density at radius 1 is 1.56 bits per heavy atom. The smallest absolute Gasteiger partial charge is 0.310 e. The van der Waals surface area contributed by atoms with Crippen LogP contribution in [0.25, 0.3) is 0 Å². The van der Waals surface area contributed by atoms with Gasteiger partial charge in [0.1, 0.15) is 0 Å². The zero-order valence-corrected chi connectivity index (χ0v) is 8.22. The predicted octanol–water partition coefficient (Wildman–Crippen LogP) is 1.17. The minimum absolute atomic E-state index is 0.554. The minimum Gasteiger partial charge on any atom is -0.469 e. The lowest BCUT2D eigenvalue weighted by Crippen LogP contribution is -2.16. The molecule has 0 aliphatic heterocycles. The zero-order valence-electron chi connectivity index (χ0n) is 8.22.